The molecule has 0 N–H and O–H groups in total. The van der Waals surface area contributed by atoms with Crippen molar-refractivity contribution in [1.82, 2.24) is 14.9 Å². The lowest BCUT2D eigenvalue weighted by molar-refractivity contribution is -0.141. The molecule has 2 aromatic rings. The average Bonchev–Trinajstić information content (AvgIpc) is 2.61. The Morgan fingerprint density at radius 2 is 1.62 bits per heavy atom. The van der Waals surface area contributed by atoms with Crippen molar-refractivity contribution in [2.75, 3.05) is 31.1 Å². The van der Waals surface area contributed by atoms with E-state index in [1.54, 1.807) is 21.9 Å². The third-order valence-corrected chi connectivity index (χ3v) is 4.30. The average molecular weight is 364 g/mol. The summed E-state index contributed by atoms with van der Waals surface area (Å²) in [6, 6.07) is 8.29. The summed E-state index contributed by atoms with van der Waals surface area (Å²) in [6.07, 6.45) is -4.51. The van der Waals surface area contributed by atoms with E-state index in [0.29, 0.717) is 31.7 Å². The zero-order valence-electron chi connectivity index (χ0n) is 14.5. The third kappa shape index (κ3) is 3.95. The van der Waals surface area contributed by atoms with Crippen LogP contribution in [0.25, 0.3) is 0 Å². The number of nitrogens with zero attached hydrogens (tertiary/aromatic N) is 4. The molecule has 0 unspecified atom stereocenters. The Morgan fingerprint density at radius 3 is 2.19 bits per heavy atom. The minimum Gasteiger partial charge on any atom is -0.353 e. The van der Waals surface area contributed by atoms with Crippen LogP contribution >= 0.6 is 0 Å². The number of hydrogen-bond donors (Lipinski definition) is 0. The topological polar surface area (TPSA) is 49.3 Å². The molecule has 0 saturated carbocycles. The standard InChI is InChI=1S/C18H19F3N4O/c1-12-3-5-14(6-4-12)17(26)25-9-7-24(8-10-25)16-11-15(18(19,20)21)22-13(2)23-16/h3-6,11H,7-10H2,1-2H3. The summed E-state index contributed by atoms with van der Waals surface area (Å²) >= 11 is 0. The molecule has 1 aliphatic rings. The zero-order chi connectivity index (χ0) is 18.9. The van der Waals surface area contributed by atoms with Crippen molar-refractivity contribution >= 4 is 11.7 Å². The molecule has 1 aromatic heterocycles. The molecule has 5 nitrogen and oxygen atoms in total. The first-order valence-electron chi connectivity index (χ1n) is 8.28. The summed E-state index contributed by atoms with van der Waals surface area (Å²) in [7, 11) is 0. The monoisotopic (exact) mass is 364 g/mol. The van der Waals surface area contributed by atoms with Crippen molar-refractivity contribution in [3.63, 3.8) is 0 Å². The third-order valence-electron chi connectivity index (χ3n) is 4.30. The summed E-state index contributed by atoms with van der Waals surface area (Å²) in [4.78, 5) is 23.6. The van der Waals surface area contributed by atoms with Crippen molar-refractivity contribution < 1.29 is 18.0 Å². The quantitative estimate of drug-likeness (QED) is 0.822. The first-order valence-corrected chi connectivity index (χ1v) is 8.28. The van der Waals surface area contributed by atoms with Crippen LogP contribution in [0.1, 0.15) is 27.4 Å². The number of aromatic nitrogens is 2. The first kappa shape index (κ1) is 18.2. The van der Waals surface area contributed by atoms with E-state index in [9.17, 15) is 18.0 Å². The van der Waals surface area contributed by atoms with Crippen molar-refractivity contribution in [1.29, 1.82) is 0 Å². The van der Waals surface area contributed by atoms with Crippen molar-refractivity contribution in [3.05, 3.63) is 53.0 Å². The van der Waals surface area contributed by atoms with Gasteiger partial charge in [0.05, 0.1) is 0 Å². The van der Waals surface area contributed by atoms with Crippen LogP contribution in [0.5, 0.6) is 0 Å². The lowest BCUT2D eigenvalue weighted by Crippen LogP contribution is -2.49. The number of rotatable bonds is 2. The summed E-state index contributed by atoms with van der Waals surface area (Å²) in [6.45, 7) is 5.09. The Bertz CT molecular complexity index is 797. The molecule has 1 aromatic carbocycles. The van der Waals surface area contributed by atoms with E-state index in [4.69, 9.17) is 0 Å². The van der Waals surface area contributed by atoms with Gasteiger partial charge < -0.3 is 9.80 Å². The largest absolute Gasteiger partial charge is 0.433 e. The maximum Gasteiger partial charge on any atom is 0.433 e. The predicted molar refractivity (Wildman–Crippen MR) is 91.1 cm³/mol. The van der Waals surface area contributed by atoms with Gasteiger partial charge in [-0.2, -0.15) is 13.2 Å². The summed E-state index contributed by atoms with van der Waals surface area (Å²) in [5.41, 5.74) is 0.741. The molecule has 138 valence electrons. The molecule has 1 saturated heterocycles. The molecule has 1 aliphatic heterocycles. The van der Waals surface area contributed by atoms with Gasteiger partial charge in [0.15, 0.2) is 0 Å². The molecule has 2 heterocycles. The molecule has 0 atom stereocenters. The van der Waals surface area contributed by atoms with Crippen LogP contribution in [0.15, 0.2) is 30.3 Å². The fourth-order valence-corrected chi connectivity index (χ4v) is 2.88. The number of anilines is 1. The van der Waals surface area contributed by atoms with Crippen LogP contribution in [0.3, 0.4) is 0 Å². The summed E-state index contributed by atoms with van der Waals surface area (Å²) in [5.74, 6) is 0.250. The fourth-order valence-electron chi connectivity index (χ4n) is 2.88. The van der Waals surface area contributed by atoms with E-state index in [1.807, 2.05) is 19.1 Å². The minimum atomic E-state index is -4.51. The van der Waals surface area contributed by atoms with Crippen molar-refractivity contribution in [2.24, 2.45) is 0 Å². The van der Waals surface area contributed by atoms with Gasteiger partial charge in [0.2, 0.25) is 0 Å². The number of carbonyl (C=O) groups excluding carboxylic acids is 1. The second-order valence-electron chi connectivity index (χ2n) is 6.30. The predicted octanol–water partition coefficient (Wildman–Crippen LogP) is 3.07. The number of piperazine rings is 1. The van der Waals surface area contributed by atoms with E-state index < -0.39 is 11.9 Å². The van der Waals surface area contributed by atoms with Crippen LogP contribution in [-0.2, 0) is 6.18 Å². The summed E-state index contributed by atoms with van der Waals surface area (Å²) in [5, 5.41) is 0. The first-order chi connectivity index (χ1) is 12.2. The smallest absolute Gasteiger partial charge is 0.353 e. The van der Waals surface area contributed by atoms with Gasteiger partial charge in [-0.05, 0) is 26.0 Å². The molecule has 1 amide bonds. The maximum absolute atomic E-state index is 12.9. The minimum absolute atomic E-state index is 0.0699. The highest BCUT2D eigenvalue weighted by Gasteiger charge is 2.34. The Balaban J connectivity index is 1.70. The number of hydrogen-bond acceptors (Lipinski definition) is 4. The van der Waals surface area contributed by atoms with Crippen LogP contribution in [0, 0.1) is 13.8 Å². The molecule has 3 rings (SSSR count). The van der Waals surface area contributed by atoms with Crippen molar-refractivity contribution in [3.8, 4) is 0 Å². The number of benzene rings is 1. The number of carbonyl (C=O) groups is 1. The second kappa shape index (κ2) is 6.93. The Labute approximate surface area is 149 Å². The lowest BCUT2D eigenvalue weighted by Gasteiger charge is -2.35. The number of amides is 1. The van der Waals surface area contributed by atoms with Gasteiger partial charge in [0, 0.05) is 37.8 Å². The van der Waals surface area contributed by atoms with E-state index in [2.05, 4.69) is 9.97 Å². The zero-order valence-corrected chi connectivity index (χ0v) is 14.5. The molecule has 0 spiro atoms. The second-order valence-corrected chi connectivity index (χ2v) is 6.30. The highest BCUT2D eigenvalue weighted by atomic mass is 19.4. The van der Waals surface area contributed by atoms with Gasteiger partial charge in [-0.1, -0.05) is 17.7 Å². The highest BCUT2D eigenvalue weighted by molar-refractivity contribution is 5.94. The van der Waals surface area contributed by atoms with E-state index in [-0.39, 0.29) is 17.5 Å². The molecule has 0 radical (unpaired) electrons. The maximum atomic E-state index is 12.9. The number of alkyl halides is 3. The highest BCUT2D eigenvalue weighted by Crippen LogP contribution is 2.30. The molecular formula is C18H19F3N4O. The van der Waals surface area contributed by atoms with Crippen molar-refractivity contribution in [2.45, 2.75) is 20.0 Å². The van der Waals surface area contributed by atoms with Crippen LogP contribution in [0.4, 0.5) is 19.0 Å². The van der Waals surface area contributed by atoms with Gasteiger partial charge in [0.25, 0.3) is 5.91 Å². The molecule has 26 heavy (non-hydrogen) atoms. The Kier molecular flexibility index (Phi) is 4.84. The van der Waals surface area contributed by atoms with Gasteiger partial charge in [-0.15, -0.1) is 0 Å². The van der Waals surface area contributed by atoms with E-state index in [1.165, 1.54) is 6.92 Å². The fraction of sp³-hybridized carbons (Fsp3) is 0.389. The normalized spacial score (nSPS) is 15.3. The lowest BCUT2D eigenvalue weighted by atomic mass is 10.1. The Hall–Kier alpha value is -2.64. The van der Waals surface area contributed by atoms with Gasteiger partial charge in [-0.25, -0.2) is 9.97 Å². The van der Waals surface area contributed by atoms with Crippen LogP contribution in [-0.4, -0.2) is 47.0 Å². The number of aryl methyl sites for hydroxylation is 2. The van der Waals surface area contributed by atoms with Crippen LogP contribution < -0.4 is 4.90 Å². The molecule has 8 heteroatoms. The van der Waals surface area contributed by atoms with Gasteiger partial charge in [0.1, 0.15) is 17.3 Å². The molecule has 1 fully saturated rings. The molecule has 0 aliphatic carbocycles. The van der Waals surface area contributed by atoms with E-state index >= 15 is 0 Å². The Morgan fingerprint density at radius 1 is 1.00 bits per heavy atom. The van der Waals surface area contributed by atoms with Crippen LogP contribution in [0.2, 0.25) is 0 Å². The van der Waals surface area contributed by atoms with Gasteiger partial charge >= 0.3 is 6.18 Å². The SMILES string of the molecule is Cc1ccc(C(=O)N2CCN(c3cc(C(F)(F)F)nc(C)n3)CC2)cc1. The van der Waals surface area contributed by atoms with E-state index in [0.717, 1.165) is 11.6 Å². The molecule has 0 bridgehead atoms. The number of halogens is 3. The summed E-state index contributed by atoms with van der Waals surface area (Å²) < 4.78 is 38.8. The molecular weight excluding hydrogens is 345 g/mol. The van der Waals surface area contributed by atoms with Gasteiger partial charge in [-0.3, -0.25) is 4.79 Å².